The molecule has 2 rings (SSSR count). The van der Waals surface area contributed by atoms with Gasteiger partial charge in [-0.05, 0) is 38.1 Å². The van der Waals surface area contributed by atoms with Crippen LogP contribution in [0.3, 0.4) is 0 Å². The Morgan fingerprint density at radius 1 is 1.24 bits per heavy atom. The van der Waals surface area contributed by atoms with Gasteiger partial charge in [0.1, 0.15) is 5.82 Å². The quantitative estimate of drug-likeness (QED) is 0.839. The topological polar surface area (TPSA) is 38.3 Å². The average molecular weight is 287 g/mol. The molecule has 0 fully saturated rings. The van der Waals surface area contributed by atoms with Gasteiger partial charge in [-0.15, -0.1) is 0 Å². The Morgan fingerprint density at radius 2 is 2.00 bits per heavy atom. The van der Waals surface area contributed by atoms with E-state index in [-0.39, 0.29) is 17.8 Å². The third-order valence-corrected chi connectivity index (χ3v) is 3.13. The Morgan fingerprint density at radius 3 is 2.71 bits per heavy atom. The van der Waals surface area contributed by atoms with Crippen LogP contribution < -0.4 is 5.32 Å². The zero-order chi connectivity index (χ0) is 15.2. The largest absolute Gasteiger partial charge is 0.462 e. The molecular weight excluding hydrogens is 269 g/mol. The van der Waals surface area contributed by atoms with Gasteiger partial charge in [0.25, 0.3) is 0 Å². The van der Waals surface area contributed by atoms with Crippen LogP contribution in [-0.2, 0) is 4.74 Å². The number of hydrogen-bond acceptors (Lipinski definition) is 3. The van der Waals surface area contributed by atoms with E-state index >= 15 is 0 Å². The third kappa shape index (κ3) is 3.81. The van der Waals surface area contributed by atoms with E-state index in [4.69, 9.17) is 4.74 Å². The number of ether oxygens (including phenoxy) is 1. The molecule has 1 N–H and O–H groups in total. The van der Waals surface area contributed by atoms with Crippen molar-refractivity contribution in [3.8, 4) is 0 Å². The first kappa shape index (κ1) is 15.0. The molecule has 1 atom stereocenters. The van der Waals surface area contributed by atoms with Crippen LogP contribution in [0.5, 0.6) is 0 Å². The van der Waals surface area contributed by atoms with Crippen molar-refractivity contribution in [2.45, 2.75) is 19.9 Å². The Labute approximate surface area is 123 Å². The fourth-order valence-corrected chi connectivity index (χ4v) is 2.10. The van der Waals surface area contributed by atoms with E-state index < -0.39 is 0 Å². The van der Waals surface area contributed by atoms with Gasteiger partial charge in [0.2, 0.25) is 0 Å². The van der Waals surface area contributed by atoms with E-state index in [1.807, 2.05) is 13.0 Å². The number of anilines is 1. The molecule has 0 saturated carbocycles. The van der Waals surface area contributed by atoms with Gasteiger partial charge in [-0.25, -0.2) is 9.18 Å². The Balaban J connectivity index is 2.15. The minimum Gasteiger partial charge on any atom is -0.462 e. The molecule has 0 aliphatic rings. The highest BCUT2D eigenvalue weighted by Crippen LogP contribution is 2.22. The van der Waals surface area contributed by atoms with E-state index in [9.17, 15) is 9.18 Å². The van der Waals surface area contributed by atoms with Crippen LogP contribution in [0.4, 0.5) is 10.1 Å². The SMILES string of the molecule is CCOC(=O)c1cccc(NC(C)c2ccccc2F)c1. The van der Waals surface area contributed by atoms with Crippen molar-refractivity contribution >= 4 is 11.7 Å². The van der Waals surface area contributed by atoms with E-state index in [0.29, 0.717) is 17.7 Å². The highest BCUT2D eigenvalue weighted by atomic mass is 19.1. The first-order chi connectivity index (χ1) is 10.1. The Hall–Kier alpha value is -2.36. The normalized spacial score (nSPS) is 11.8. The summed E-state index contributed by atoms with van der Waals surface area (Å²) in [5, 5.41) is 3.19. The van der Waals surface area contributed by atoms with Crippen LogP contribution in [0.2, 0.25) is 0 Å². The molecule has 0 saturated heterocycles. The van der Waals surface area contributed by atoms with Crippen molar-refractivity contribution in [1.29, 1.82) is 0 Å². The van der Waals surface area contributed by atoms with Crippen LogP contribution in [0, 0.1) is 5.82 Å². The molecule has 0 amide bonds. The molecule has 0 aliphatic carbocycles. The number of esters is 1. The minimum atomic E-state index is -0.361. The molecular formula is C17H18FNO2. The second-order valence-corrected chi connectivity index (χ2v) is 4.69. The number of carbonyl (C=O) groups is 1. The monoisotopic (exact) mass is 287 g/mol. The Kier molecular flexibility index (Phi) is 4.93. The summed E-state index contributed by atoms with van der Waals surface area (Å²) in [7, 11) is 0. The summed E-state index contributed by atoms with van der Waals surface area (Å²) in [5.41, 5.74) is 1.80. The lowest BCUT2D eigenvalue weighted by molar-refractivity contribution is 0.0526. The van der Waals surface area contributed by atoms with Crippen molar-refractivity contribution in [3.63, 3.8) is 0 Å². The van der Waals surface area contributed by atoms with Gasteiger partial charge in [-0.3, -0.25) is 0 Å². The molecule has 0 bridgehead atoms. The van der Waals surface area contributed by atoms with Gasteiger partial charge in [0.05, 0.1) is 18.2 Å². The number of nitrogens with one attached hydrogen (secondary N) is 1. The zero-order valence-electron chi connectivity index (χ0n) is 12.1. The van der Waals surface area contributed by atoms with E-state index in [1.165, 1.54) is 6.07 Å². The zero-order valence-corrected chi connectivity index (χ0v) is 12.1. The summed E-state index contributed by atoms with van der Waals surface area (Å²) in [6.07, 6.45) is 0. The predicted molar refractivity (Wildman–Crippen MR) is 80.8 cm³/mol. The summed E-state index contributed by atoms with van der Waals surface area (Å²) in [6.45, 7) is 3.97. The number of rotatable bonds is 5. The first-order valence-corrected chi connectivity index (χ1v) is 6.90. The highest BCUT2D eigenvalue weighted by Gasteiger charge is 2.11. The van der Waals surface area contributed by atoms with Gasteiger partial charge >= 0.3 is 5.97 Å². The summed E-state index contributed by atoms with van der Waals surface area (Å²) >= 11 is 0. The van der Waals surface area contributed by atoms with Crippen molar-refractivity contribution in [3.05, 3.63) is 65.5 Å². The predicted octanol–water partition coefficient (Wildman–Crippen LogP) is 4.18. The maximum absolute atomic E-state index is 13.7. The Bertz CT molecular complexity index is 628. The van der Waals surface area contributed by atoms with Gasteiger partial charge in [0.15, 0.2) is 0 Å². The summed E-state index contributed by atoms with van der Waals surface area (Å²) in [4.78, 5) is 11.7. The van der Waals surface area contributed by atoms with E-state index in [1.54, 1.807) is 43.3 Å². The first-order valence-electron chi connectivity index (χ1n) is 6.90. The molecule has 0 radical (unpaired) electrons. The molecule has 3 nitrogen and oxygen atoms in total. The fraction of sp³-hybridized carbons (Fsp3) is 0.235. The van der Waals surface area contributed by atoms with Crippen LogP contribution in [-0.4, -0.2) is 12.6 Å². The lowest BCUT2D eigenvalue weighted by atomic mass is 10.1. The summed E-state index contributed by atoms with van der Waals surface area (Å²) in [6, 6.07) is 13.4. The molecule has 0 aromatic heterocycles. The van der Waals surface area contributed by atoms with Crippen LogP contribution in [0.15, 0.2) is 48.5 Å². The minimum absolute atomic E-state index is 0.205. The smallest absolute Gasteiger partial charge is 0.338 e. The fourth-order valence-electron chi connectivity index (χ4n) is 2.10. The van der Waals surface area contributed by atoms with Crippen LogP contribution >= 0.6 is 0 Å². The summed E-state index contributed by atoms with van der Waals surface area (Å²) in [5.74, 6) is -0.612. The number of halogens is 1. The maximum Gasteiger partial charge on any atom is 0.338 e. The molecule has 0 spiro atoms. The second kappa shape index (κ2) is 6.88. The average Bonchev–Trinajstić information content (AvgIpc) is 2.48. The third-order valence-electron chi connectivity index (χ3n) is 3.13. The molecule has 0 aliphatic heterocycles. The van der Waals surface area contributed by atoms with Crippen molar-refractivity contribution < 1.29 is 13.9 Å². The molecule has 1 unspecified atom stereocenters. The molecule has 110 valence electrons. The van der Waals surface area contributed by atoms with Crippen LogP contribution in [0.1, 0.15) is 35.8 Å². The van der Waals surface area contributed by atoms with Gasteiger partial charge in [-0.2, -0.15) is 0 Å². The van der Waals surface area contributed by atoms with Gasteiger partial charge in [0, 0.05) is 11.3 Å². The van der Waals surface area contributed by atoms with E-state index in [0.717, 1.165) is 5.69 Å². The van der Waals surface area contributed by atoms with Crippen molar-refractivity contribution in [2.75, 3.05) is 11.9 Å². The maximum atomic E-state index is 13.7. The van der Waals surface area contributed by atoms with Crippen LogP contribution in [0.25, 0.3) is 0 Å². The van der Waals surface area contributed by atoms with Gasteiger partial charge in [-0.1, -0.05) is 24.3 Å². The van der Waals surface area contributed by atoms with E-state index in [2.05, 4.69) is 5.32 Å². The summed E-state index contributed by atoms with van der Waals surface area (Å²) < 4.78 is 18.7. The van der Waals surface area contributed by atoms with Crippen molar-refractivity contribution in [2.24, 2.45) is 0 Å². The van der Waals surface area contributed by atoms with Gasteiger partial charge < -0.3 is 10.1 Å². The second-order valence-electron chi connectivity index (χ2n) is 4.69. The molecule has 2 aromatic rings. The lowest BCUT2D eigenvalue weighted by Gasteiger charge is -2.16. The number of carbonyl (C=O) groups excluding carboxylic acids is 1. The number of benzene rings is 2. The molecule has 0 heterocycles. The molecule has 4 heteroatoms. The lowest BCUT2D eigenvalue weighted by Crippen LogP contribution is -2.10. The van der Waals surface area contributed by atoms with Crippen molar-refractivity contribution in [1.82, 2.24) is 0 Å². The molecule has 2 aromatic carbocycles. The highest BCUT2D eigenvalue weighted by molar-refractivity contribution is 5.90. The number of hydrogen-bond donors (Lipinski definition) is 1. The standard InChI is InChI=1S/C17H18FNO2/c1-3-21-17(20)13-7-6-8-14(11-13)19-12(2)15-9-4-5-10-16(15)18/h4-12,19H,3H2,1-2H3. The molecule has 21 heavy (non-hydrogen) atoms.